The molecule has 25 heavy (non-hydrogen) atoms. The lowest BCUT2D eigenvalue weighted by Gasteiger charge is -1.98. The number of benzene rings is 2. The summed E-state index contributed by atoms with van der Waals surface area (Å²) in [6.45, 7) is 0. The van der Waals surface area contributed by atoms with E-state index >= 15 is 0 Å². The molecule has 0 spiro atoms. The number of nitro groups is 2. The second-order valence-electron chi connectivity index (χ2n) is 4.96. The van der Waals surface area contributed by atoms with Crippen LogP contribution in [0.1, 0.15) is 11.1 Å². The number of nitrogens with zero attached hydrogens (tertiary/aromatic N) is 3. The number of aliphatic imine (C=N–C) groups is 1. The fraction of sp³-hybridized carbons (Fsp3) is 0. The van der Waals surface area contributed by atoms with Crippen molar-refractivity contribution >= 4 is 29.3 Å². The van der Waals surface area contributed by atoms with Crippen LogP contribution in [0.3, 0.4) is 0 Å². The monoisotopic (exact) mass is 339 g/mol. The Labute approximate surface area is 140 Å². The Bertz CT molecular complexity index is 947. The standard InChI is InChI=1S/C16H9N3O6/c20-16-13(9-11-3-1-2-4-14(11)19(23)24)17-15(25-16)10-5-7-12(8-6-10)18(21)22/h1-9H/b13-9-. The van der Waals surface area contributed by atoms with Gasteiger partial charge in [-0.2, -0.15) is 0 Å². The molecule has 0 radical (unpaired) electrons. The Morgan fingerprint density at radius 1 is 0.960 bits per heavy atom. The van der Waals surface area contributed by atoms with Crippen LogP contribution in [0.15, 0.2) is 59.2 Å². The van der Waals surface area contributed by atoms with E-state index in [1.54, 1.807) is 6.07 Å². The van der Waals surface area contributed by atoms with Crippen molar-refractivity contribution in [3.05, 3.63) is 85.6 Å². The fourth-order valence-corrected chi connectivity index (χ4v) is 2.18. The lowest BCUT2D eigenvalue weighted by Crippen LogP contribution is -2.05. The van der Waals surface area contributed by atoms with E-state index in [9.17, 15) is 25.0 Å². The van der Waals surface area contributed by atoms with Crippen LogP contribution < -0.4 is 0 Å². The van der Waals surface area contributed by atoms with E-state index in [2.05, 4.69) is 4.99 Å². The molecule has 9 heteroatoms. The summed E-state index contributed by atoms with van der Waals surface area (Å²) < 4.78 is 5.04. The first kappa shape index (κ1) is 16.0. The third kappa shape index (κ3) is 3.24. The molecule has 9 nitrogen and oxygen atoms in total. The van der Waals surface area contributed by atoms with Crippen molar-refractivity contribution in [3.63, 3.8) is 0 Å². The molecule has 0 aromatic heterocycles. The van der Waals surface area contributed by atoms with Crippen LogP contribution in [0.2, 0.25) is 0 Å². The van der Waals surface area contributed by atoms with Crippen LogP contribution in [0, 0.1) is 20.2 Å². The Morgan fingerprint density at radius 2 is 1.64 bits per heavy atom. The molecule has 1 aliphatic rings. The van der Waals surface area contributed by atoms with Gasteiger partial charge in [0.1, 0.15) is 0 Å². The van der Waals surface area contributed by atoms with E-state index in [0.29, 0.717) is 5.56 Å². The van der Waals surface area contributed by atoms with Gasteiger partial charge in [-0.05, 0) is 24.3 Å². The normalized spacial score (nSPS) is 15.0. The van der Waals surface area contributed by atoms with Crippen molar-refractivity contribution in [1.82, 2.24) is 0 Å². The Hall–Kier alpha value is -3.88. The van der Waals surface area contributed by atoms with Gasteiger partial charge in [0, 0.05) is 23.8 Å². The quantitative estimate of drug-likeness (QED) is 0.365. The van der Waals surface area contributed by atoms with Gasteiger partial charge in [0.05, 0.1) is 15.4 Å². The number of hydrogen-bond donors (Lipinski definition) is 0. The average molecular weight is 339 g/mol. The number of carbonyl (C=O) groups is 1. The molecule has 1 heterocycles. The van der Waals surface area contributed by atoms with E-state index < -0.39 is 15.8 Å². The molecular formula is C16H9N3O6. The molecule has 2 aromatic rings. The molecule has 0 atom stereocenters. The maximum atomic E-state index is 11.9. The molecule has 124 valence electrons. The fourth-order valence-electron chi connectivity index (χ4n) is 2.18. The SMILES string of the molecule is O=C1OC(c2ccc([N+](=O)[O-])cc2)=N/C1=C\c1ccccc1[N+](=O)[O-]. The number of esters is 1. The molecule has 1 aliphatic heterocycles. The number of nitro benzene ring substituents is 2. The molecule has 0 bridgehead atoms. The number of rotatable bonds is 4. The summed E-state index contributed by atoms with van der Waals surface area (Å²) in [7, 11) is 0. The number of carbonyl (C=O) groups excluding carboxylic acids is 1. The minimum absolute atomic E-state index is 0.0234. The maximum absolute atomic E-state index is 11.9. The molecular weight excluding hydrogens is 330 g/mol. The number of ether oxygens (including phenoxy) is 1. The van der Waals surface area contributed by atoms with Gasteiger partial charge >= 0.3 is 5.97 Å². The minimum atomic E-state index is -0.758. The minimum Gasteiger partial charge on any atom is -0.402 e. The van der Waals surface area contributed by atoms with Crippen molar-refractivity contribution in [2.75, 3.05) is 0 Å². The van der Waals surface area contributed by atoms with E-state index in [0.717, 1.165) is 0 Å². The molecule has 0 saturated carbocycles. The number of non-ortho nitro benzene ring substituents is 1. The molecule has 2 aromatic carbocycles. The highest BCUT2D eigenvalue weighted by atomic mass is 16.6. The van der Waals surface area contributed by atoms with Crippen molar-refractivity contribution in [2.45, 2.75) is 0 Å². The van der Waals surface area contributed by atoms with Gasteiger partial charge in [-0.3, -0.25) is 20.2 Å². The Morgan fingerprint density at radius 3 is 2.28 bits per heavy atom. The maximum Gasteiger partial charge on any atom is 0.363 e. The highest BCUT2D eigenvalue weighted by Gasteiger charge is 2.25. The lowest BCUT2D eigenvalue weighted by atomic mass is 10.1. The summed E-state index contributed by atoms with van der Waals surface area (Å²) in [4.78, 5) is 36.5. The summed E-state index contributed by atoms with van der Waals surface area (Å²) in [5.74, 6) is -0.781. The molecule has 0 fully saturated rings. The van der Waals surface area contributed by atoms with Gasteiger partial charge in [0.15, 0.2) is 5.70 Å². The van der Waals surface area contributed by atoms with Crippen LogP contribution in [0.5, 0.6) is 0 Å². The van der Waals surface area contributed by atoms with E-state index in [1.165, 1.54) is 48.5 Å². The molecule has 0 aliphatic carbocycles. The third-order valence-electron chi connectivity index (χ3n) is 3.37. The lowest BCUT2D eigenvalue weighted by molar-refractivity contribution is -0.385. The van der Waals surface area contributed by atoms with Crippen molar-refractivity contribution in [2.24, 2.45) is 4.99 Å². The molecule has 3 rings (SSSR count). The van der Waals surface area contributed by atoms with E-state index in [4.69, 9.17) is 4.74 Å². The first-order valence-electron chi connectivity index (χ1n) is 6.96. The Balaban J connectivity index is 1.95. The van der Waals surface area contributed by atoms with Gasteiger partial charge in [-0.1, -0.05) is 12.1 Å². The van der Waals surface area contributed by atoms with Crippen LogP contribution in [-0.2, 0) is 9.53 Å². The summed E-state index contributed by atoms with van der Waals surface area (Å²) in [5.41, 5.74) is 0.229. The van der Waals surface area contributed by atoms with Crippen molar-refractivity contribution < 1.29 is 19.4 Å². The predicted octanol–water partition coefficient (Wildman–Crippen LogP) is 2.85. The zero-order valence-corrected chi connectivity index (χ0v) is 12.5. The Kier molecular flexibility index (Phi) is 4.04. The van der Waals surface area contributed by atoms with E-state index in [1.807, 2.05) is 0 Å². The second-order valence-corrected chi connectivity index (χ2v) is 4.96. The second kappa shape index (κ2) is 6.32. The highest BCUT2D eigenvalue weighted by Crippen LogP contribution is 2.25. The zero-order chi connectivity index (χ0) is 18.0. The summed E-state index contributed by atoms with van der Waals surface area (Å²) in [5, 5.41) is 21.7. The van der Waals surface area contributed by atoms with E-state index in [-0.39, 0.29) is 28.5 Å². The first-order valence-corrected chi connectivity index (χ1v) is 6.96. The number of hydrogen-bond acceptors (Lipinski definition) is 7. The van der Waals surface area contributed by atoms with Gasteiger partial charge in [0.2, 0.25) is 5.90 Å². The van der Waals surface area contributed by atoms with Crippen LogP contribution in [0.4, 0.5) is 11.4 Å². The first-order chi connectivity index (χ1) is 12.0. The smallest absolute Gasteiger partial charge is 0.363 e. The average Bonchev–Trinajstić information content (AvgIpc) is 2.96. The zero-order valence-electron chi connectivity index (χ0n) is 12.5. The predicted molar refractivity (Wildman–Crippen MR) is 86.8 cm³/mol. The number of para-hydroxylation sites is 1. The van der Waals surface area contributed by atoms with Crippen LogP contribution in [-0.4, -0.2) is 21.7 Å². The molecule has 0 N–H and O–H groups in total. The van der Waals surface area contributed by atoms with Crippen LogP contribution in [0.25, 0.3) is 6.08 Å². The van der Waals surface area contributed by atoms with Crippen molar-refractivity contribution in [3.8, 4) is 0 Å². The molecule has 0 amide bonds. The van der Waals surface area contributed by atoms with Gasteiger partial charge in [0.25, 0.3) is 11.4 Å². The van der Waals surface area contributed by atoms with Crippen LogP contribution >= 0.6 is 0 Å². The van der Waals surface area contributed by atoms with Crippen molar-refractivity contribution in [1.29, 1.82) is 0 Å². The third-order valence-corrected chi connectivity index (χ3v) is 3.37. The molecule has 0 saturated heterocycles. The topological polar surface area (TPSA) is 125 Å². The van der Waals surface area contributed by atoms with Gasteiger partial charge in [-0.15, -0.1) is 0 Å². The van der Waals surface area contributed by atoms with Gasteiger partial charge < -0.3 is 4.74 Å². The summed E-state index contributed by atoms with van der Waals surface area (Å²) >= 11 is 0. The largest absolute Gasteiger partial charge is 0.402 e. The summed E-state index contributed by atoms with van der Waals surface area (Å²) in [6, 6.07) is 11.2. The molecule has 0 unspecified atom stereocenters. The van der Waals surface area contributed by atoms with Gasteiger partial charge in [-0.25, -0.2) is 9.79 Å². The summed E-state index contributed by atoms with van der Waals surface area (Å²) in [6.07, 6.45) is 1.26. The number of cyclic esters (lactones) is 1. The highest BCUT2D eigenvalue weighted by molar-refractivity contribution is 6.13.